The zero-order valence-electron chi connectivity index (χ0n) is 18.4. The Morgan fingerprint density at radius 1 is 1.27 bits per heavy atom. The average Bonchev–Trinajstić information content (AvgIpc) is 3.41. The molecule has 1 N–H and O–H groups in total. The molecule has 13 heteroatoms. The van der Waals surface area contributed by atoms with Crippen LogP contribution in [0.4, 0.5) is 5.95 Å². The molecule has 0 aliphatic carbocycles. The van der Waals surface area contributed by atoms with Gasteiger partial charge in [-0.1, -0.05) is 11.6 Å². The summed E-state index contributed by atoms with van der Waals surface area (Å²) >= 11 is 5.85. The predicted molar refractivity (Wildman–Crippen MR) is 120 cm³/mol. The summed E-state index contributed by atoms with van der Waals surface area (Å²) in [5.41, 5.74) is 0. The summed E-state index contributed by atoms with van der Waals surface area (Å²) in [6, 6.07) is 3.44. The molecular weight excluding hydrogens is 472 g/mol. The number of halogens is 1. The van der Waals surface area contributed by atoms with Gasteiger partial charge in [0.25, 0.3) is 0 Å². The van der Waals surface area contributed by atoms with Crippen molar-refractivity contribution < 1.29 is 22.3 Å². The lowest BCUT2D eigenvalue weighted by molar-refractivity contribution is 0.0601. The highest BCUT2D eigenvalue weighted by Gasteiger charge is 2.35. The van der Waals surface area contributed by atoms with Gasteiger partial charge in [-0.3, -0.25) is 9.29 Å². The summed E-state index contributed by atoms with van der Waals surface area (Å²) in [5.74, 6) is 1.91. The minimum Gasteiger partial charge on any atom is -0.458 e. The molecule has 4 rings (SSSR count). The normalized spacial score (nSPS) is 18.7. The second kappa shape index (κ2) is 9.75. The van der Waals surface area contributed by atoms with Crippen LogP contribution in [0.5, 0.6) is 0 Å². The molecule has 3 aromatic rings. The van der Waals surface area contributed by atoms with Crippen LogP contribution in [0, 0.1) is 6.92 Å². The minimum absolute atomic E-state index is 0.0771. The number of nitrogens with zero attached hydrogens (tertiary/aromatic N) is 5. The number of nitrogens with one attached hydrogen (secondary N) is 1. The quantitative estimate of drug-likeness (QED) is 0.498. The van der Waals surface area contributed by atoms with Crippen LogP contribution in [0.15, 0.2) is 28.9 Å². The maximum atomic E-state index is 13.3. The van der Waals surface area contributed by atoms with Gasteiger partial charge in [-0.15, -0.1) is 10.2 Å². The molecule has 1 unspecified atom stereocenters. The Bertz CT molecular complexity index is 1190. The summed E-state index contributed by atoms with van der Waals surface area (Å²) in [5, 5.41) is 7.64. The van der Waals surface area contributed by atoms with Crippen LogP contribution in [-0.4, -0.2) is 58.7 Å². The largest absolute Gasteiger partial charge is 0.458 e. The Hall–Kier alpha value is -2.54. The maximum absolute atomic E-state index is 13.3. The van der Waals surface area contributed by atoms with Crippen molar-refractivity contribution in [1.29, 1.82) is 0 Å². The third kappa shape index (κ3) is 5.03. The predicted octanol–water partition coefficient (Wildman–Crippen LogP) is 3.16. The summed E-state index contributed by atoms with van der Waals surface area (Å²) in [4.78, 5) is 8.21. The van der Waals surface area contributed by atoms with Crippen LogP contribution in [0.3, 0.4) is 0 Å². The molecule has 3 aromatic heterocycles. The molecule has 1 aliphatic rings. The Morgan fingerprint density at radius 2 is 2.03 bits per heavy atom. The topological polar surface area (TPSA) is 134 Å². The third-order valence-corrected chi connectivity index (χ3v) is 7.34. The number of sulfonamides is 1. The highest BCUT2D eigenvalue weighted by Crippen LogP contribution is 2.32. The number of hydrogen-bond donors (Lipinski definition) is 1. The molecule has 0 amide bonds. The maximum Gasteiger partial charge on any atom is 0.240 e. The van der Waals surface area contributed by atoms with Crippen molar-refractivity contribution >= 4 is 27.6 Å². The van der Waals surface area contributed by atoms with Crippen LogP contribution < -0.4 is 4.72 Å². The van der Waals surface area contributed by atoms with E-state index in [-0.39, 0.29) is 17.8 Å². The fraction of sp³-hybridized carbons (Fsp3) is 0.500. The van der Waals surface area contributed by atoms with E-state index in [4.69, 9.17) is 25.5 Å². The number of rotatable bonds is 8. The van der Waals surface area contributed by atoms with Crippen LogP contribution in [0.25, 0.3) is 11.6 Å². The van der Waals surface area contributed by atoms with Gasteiger partial charge in [-0.05, 0) is 38.8 Å². The Kier molecular flexibility index (Phi) is 6.98. The van der Waals surface area contributed by atoms with E-state index in [0.29, 0.717) is 35.6 Å². The Labute approximate surface area is 196 Å². The van der Waals surface area contributed by atoms with Gasteiger partial charge in [0.15, 0.2) is 11.6 Å². The fourth-order valence-electron chi connectivity index (χ4n) is 3.72. The molecular formula is C20H25ClN6O5S. The lowest BCUT2D eigenvalue weighted by Gasteiger charge is -2.26. The number of furan rings is 1. The second-order valence-electron chi connectivity index (χ2n) is 7.77. The van der Waals surface area contributed by atoms with Crippen molar-refractivity contribution in [3.8, 4) is 11.6 Å². The molecule has 178 valence electrons. The smallest absolute Gasteiger partial charge is 0.240 e. The molecule has 0 spiro atoms. The number of hydrogen-bond acceptors (Lipinski definition) is 9. The van der Waals surface area contributed by atoms with E-state index in [1.165, 1.54) is 26.4 Å². The highest BCUT2D eigenvalue weighted by molar-refractivity contribution is 7.93. The number of methoxy groups -OCH3 is 1. The van der Waals surface area contributed by atoms with E-state index >= 15 is 0 Å². The first kappa shape index (κ1) is 23.6. The van der Waals surface area contributed by atoms with Gasteiger partial charge >= 0.3 is 0 Å². The van der Waals surface area contributed by atoms with E-state index in [9.17, 15) is 8.42 Å². The first-order chi connectivity index (χ1) is 15.8. The van der Waals surface area contributed by atoms with Crippen molar-refractivity contribution in [3.63, 3.8) is 0 Å². The molecule has 1 fully saturated rings. The molecule has 0 radical (unpaired) electrons. The van der Waals surface area contributed by atoms with E-state index in [0.717, 1.165) is 12.8 Å². The molecule has 1 aliphatic heterocycles. The molecule has 0 saturated carbocycles. The zero-order valence-corrected chi connectivity index (χ0v) is 20.0. The van der Waals surface area contributed by atoms with Gasteiger partial charge in [-0.2, -0.15) is 0 Å². The van der Waals surface area contributed by atoms with Gasteiger partial charge in [0, 0.05) is 26.1 Å². The van der Waals surface area contributed by atoms with Crippen LogP contribution in [0.1, 0.15) is 43.5 Å². The van der Waals surface area contributed by atoms with Crippen molar-refractivity contribution in [2.75, 3.05) is 25.0 Å². The van der Waals surface area contributed by atoms with Crippen molar-refractivity contribution in [3.05, 3.63) is 41.1 Å². The molecule has 33 heavy (non-hydrogen) atoms. The molecule has 0 aromatic carbocycles. The Morgan fingerprint density at radius 3 is 2.64 bits per heavy atom. The van der Waals surface area contributed by atoms with E-state index in [2.05, 4.69) is 24.9 Å². The zero-order chi connectivity index (χ0) is 23.6. The van der Waals surface area contributed by atoms with Crippen molar-refractivity contribution in [2.24, 2.45) is 0 Å². The number of anilines is 1. The molecule has 4 heterocycles. The van der Waals surface area contributed by atoms with Gasteiger partial charge in [0.2, 0.25) is 21.8 Å². The van der Waals surface area contributed by atoms with E-state index < -0.39 is 21.4 Å². The van der Waals surface area contributed by atoms with Crippen LogP contribution >= 0.6 is 11.6 Å². The van der Waals surface area contributed by atoms with Crippen LogP contribution in [0.2, 0.25) is 5.02 Å². The van der Waals surface area contributed by atoms with Crippen LogP contribution in [-0.2, 0) is 19.5 Å². The summed E-state index contributed by atoms with van der Waals surface area (Å²) < 4.78 is 47.7. The van der Waals surface area contributed by atoms with Gasteiger partial charge in [0.05, 0.1) is 17.7 Å². The molecule has 11 nitrogen and oxygen atoms in total. The number of aromatic nitrogens is 5. The third-order valence-electron chi connectivity index (χ3n) is 5.46. The second-order valence-corrected chi connectivity index (χ2v) is 10.2. The van der Waals surface area contributed by atoms with Gasteiger partial charge in [-0.25, -0.2) is 18.4 Å². The molecule has 1 saturated heterocycles. The Balaban J connectivity index is 1.66. The van der Waals surface area contributed by atoms with Gasteiger partial charge < -0.3 is 13.9 Å². The first-order valence-corrected chi connectivity index (χ1v) is 12.3. The van der Waals surface area contributed by atoms with E-state index in [1.807, 2.05) is 13.0 Å². The monoisotopic (exact) mass is 496 g/mol. The summed E-state index contributed by atoms with van der Waals surface area (Å²) in [6.07, 6.45) is 3.47. The van der Waals surface area contributed by atoms with Crippen molar-refractivity contribution in [2.45, 2.75) is 44.1 Å². The lowest BCUT2D eigenvalue weighted by atomic mass is 10.1. The molecule has 0 bridgehead atoms. The van der Waals surface area contributed by atoms with Crippen molar-refractivity contribution in [1.82, 2.24) is 24.7 Å². The minimum atomic E-state index is -3.99. The van der Waals surface area contributed by atoms with Gasteiger partial charge in [0.1, 0.15) is 17.1 Å². The fourth-order valence-corrected chi connectivity index (χ4v) is 4.95. The van der Waals surface area contributed by atoms with E-state index in [1.54, 1.807) is 10.6 Å². The standard InChI is InChI=1S/C20H25ClN6O5S/c1-12-6-7-16(32-12)19-24-25-20(27(19)15-5-4-8-31-11-15)26-33(28,29)13(2)17(30-3)18-22-9-14(21)10-23-18/h6-7,9-10,13,15,17H,4-5,8,11H2,1-3H3,(H,25,26)/t13-,15?,17-/m0/s1. The lowest BCUT2D eigenvalue weighted by Crippen LogP contribution is -2.34. The average molecular weight is 497 g/mol. The summed E-state index contributed by atoms with van der Waals surface area (Å²) in [7, 11) is -2.59. The SMILES string of the molecule is CO[C@H](c1ncc(Cl)cn1)[C@H](C)S(=O)(=O)Nc1nnc(-c2ccc(C)o2)n1C1CCCOC1. The molecule has 3 atom stereocenters. The first-order valence-electron chi connectivity index (χ1n) is 10.4. The summed E-state index contributed by atoms with van der Waals surface area (Å²) in [6.45, 7) is 4.40. The number of ether oxygens (including phenoxy) is 2. The highest BCUT2D eigenvalue weighted by atomic mass is 35.5. The number of aryl methyl sites for hydroxylation is 1.